The van der Waals surface area contributed by atoms with Crippen LogP contribution in [0.3, 0.4) is 0 Å². The first-order valence-electron chi connectivity index (χ1n) is 5.76. The summed E-state index contributed by atoms with van der Waals surface area (Å²) in [6.45, 7) is 3.81. The van der Waals surface area contributed by atoms with E-state index in [1.165, 1.54) is 0 Å². The third-order valence-corrected chi connectivity index (χ3v) is 3.61. The lowest BCUT2D eigenvalue weighted by Crippen LogP contribution is -2.27. The summed E-state index contributed by atoms with van der Waals surface area (Å²) < 4.78 is 1.10. The molecule has 0 bridgehead atoms. The van der Waals surface area contributed by atoms with Gasteiger partial charge in [-0.1, -0.05) is 18.3 Å². The van der Waals surface area contributed by atoms with E-state index in [1.54, 1.807) is 11.3 Å². The van der Waals surface area contributed by atoms with Gasteiger partial charge in [0, 0.05) is 18.8 Å². The number of benzene rings is 1. The number of aromatic nitrogens is 1. The minimum atomic E-state index is 0.151. The van der Waals surface area contributed by atoms with Crippen LogP contribution in [0.15, 0.2) is 18.2 Å². The van der Waals surface area contributed by atoms with Crippen LogP contribution in [0.1, 0.15) is 13.3 Å². The molecule has 5 heteroatoms. The SMILES string of the molecule is CCCN(CCO)c1nc2ccc(N)cc2s1. The number of nitrogens with two attached hydrogens (primary N) is 1. The number of fused-ring (bicyclic) bond motifs is 1. The Morgan fingerprint density at radius 2 is 2.24 bits per heavy atom. The highest BCUT2D eigenvalue weighted by Crippen LogP contribution is 2.30. The molecule has 0 aliphatic rings. The molecule has 0 aliphatic carbocycles. The number of rotatable bonds is 5. The van der Waals surface area contributed by atoms with Gasteiger partial charge in [-0.15, -0.1) is 0 Å². The highest BCUT2D eigenvalue weighted by molar-refractivity contribution is 7.22. The quantitative estimate of drug-likeness (QED) is 0.799. The lowest BCUT2D eigenvalue weighted by molar-refractivity contribution is 0.302. The first-order valence-corrected chi connectivity index (χ1v) is 6.58. The van der Waals surface area contributed by atoms with Crippen molar-refractivity contribution in [3.8, 4) is 0 Å². The fourth-order valence-corrected chi connectivity index (χ4v) is 2.82. The molecular formula is C12H17N3OS. The highest BCUT2D eigenvalue weighted by Gasteiger charge is 2.10. The molecule has 0 fully saturated rings. The third-order valence-electron chi connectivity index (χ3n) is 2.54. The van der Waals surface area contributed by atoms with Gasteiger partial charge >= 0.3 is 0 Å². The van der Waals surface area contributed by atoms with Crippen molar-refractivity contribution >= 4 is 32.4 Å². The van der Waals surface area contributed by atoms with Gasteiger partial charge in [0.05, 0.1) is 16.8 Å². The number of anilines is 2. The van der Waals surface area contributed by atoms with E-state index >= 15 is 0 Å². The normalized spacial score (nSPS) is 10.9. The van der Waals surface area contributed by atoms with Crippen molar-refractivity contribution in [2.45, 2.75) is 13.3 Å². The van der Waals surface area contributed by atoms with Crippen LogP contribution in [0.2, 0.25) is 0 Å². The minimum Gasteiger partial charge on any atom is -0.399 e. The molecule has 0 atom stereocenters. The van der Waals surface area contributed by atoms with Crippen LogP contribution in [0.5, 0.6) is 0 Å². The second kappa shape index (κ2) is 5.33. The van der Waals surface area contributed by atoms with Gasteiger partial charge < -0.3 is 15.7 Å². The number of aliphatic hydroxyl groups is 1. The summed E-state index contributed by atoms with van der Waals surface area (Å²) in [5, 5.41) is 10.0. The maximum atomic E-state index is 9.06. The van der Waals surface area contributed by atoms with E-state index in [0.717, 1.165) is 34.0 Å². The maximum Gasteiger partial charge on any atom is 0.186 e. The summed E-state index contributed by atoms with van der Waals surface area (Å²) in [6, 6.07) is 5.75. The Morgan fingerprint density at radius 3 is 2.94 bits per heavy atom. The van der Waals surface area contributed by atoms with E-state index in [9.17, 15) is 0 Å². The summed E-state index contributed by atoms with van der Waals surface area (Å²) in [5.74, 6) is 0. The Kier molecular flexibility index (Phi) is 3.81. The van der Waals surface area contributed by atoms with Crippen LogP contribution in [0, 0.1) is 0 Å². The van der Waals surface area contributed by atoms with Crippen molar-refractivity contribution in [3.05, 3.63) is 18.2 Å². The van der Waals surface area contributed by atoms with Gasteiger partial charge in [-0.2, -0.15) is 0 Å². The van der Waals surface area contributed by atoms with E-state index in [1.807, 2.05) is 18.2 Å². The number of hydrogen-bond acceptors (Lipinski definition) is 5. The second-order valence-corrected chi connectivity index (χ2v) is 4.94. The van der Waals surface area contributed by atoms with Crippen molar-refractivity contribution in [3.63, 3.8) is 0 Å². The van der Waals surface area contributed by atoms with Crippen molar-refractivity contribution in [2.24, 2.45) is 0 Å². The van der Waals surface area contributed by atoms with Gasteiger partial charge in [0.25, 0.3) is 0 Å². The van der Waals surface area contributed by atoms with Crippen LogP contribution in [-0.2, 0) is 0 Å². The van der Waals surface area contributed by atoms with E-state index in [2.05, 4.69) is 16.8 Å². The first-order chi connectivity index (χ1) is 8.24. The monoisotopic (exact) mass is 251 g/mol. The average molecular weight is 251 g/mol. The van der Waals surface area contributed by atoms with E-state index in [0.29, 0.717) is 6.54 Å². The Hall–Kier alpha value is -1.33. The lowest BCUT2D eigenvalue weighted by atomic mass is 10.3. The molecule has 2 aromatic rings. The molecule has 3 N–H and O–H groups in total. The van der Waals surface area contributed by atoms with E-state index < -0.39 is 0 Å². The molecule has 4 nitrogen and oxygen atoms in total. The average Bonchev–Trinajstić information content (AvgIpc) is 2.71. The summed E-state index contributed by atoms with van der Waals surface area (Å²) >= 11 is 1.62. The molecule has 0 aliphatic heterocycles. The molecule has 1 aromatic carbocycles. The predicted octanol–water partition coefficient (Wildman–Crippen LogP) is 2.09. The fourth-order valence-electron chi connectivity index (χ4n) is 1.76. The van der Waals surface area contributed by atoms with Crippen LogP contribution < -0.4 is 10.6 Å². The summed E-state index contributed by atoms with van der Waals surface area (Å²) in [6.07, 6.45) is 1.04. The van der Waals surface area contributed by atoms with Gasteiger partial charge in [0.1, 0.15) is 0 Å². The molecule has 0 radical (unpaired) electrons. The Balaban J connectivity index is 2.33. The van der Waals surface area contributed by atoms with Crippen molar-refractivity contribution < 1.29 is 5.11 Å². The molecule has 0 saturated heterocycles. The van der Waals surface area contributed by atoms with Crippen LogP contribution in [0.25, 0.3) is 10.2 Å². The maximum absolute atomic E-state index is 9.06. The first kappa shape index (κ1) is 12.1. The smallest absolute Gasteiger partial charge is 0.186 e. The minimum absolute atomic E-state index is 0.151. The number of aliphatic hydroxyl groups excluding tert-OH is 1. The Bertz CT molecular complexity index is 491. The molecule has 0 amide bonds. The van der Waals surface area contributed by atoms with Gasteiger partial charge in [0.2, 0.25) is 0 Å². The summed E-state index contributed by atoms with van der Waals surface area (Å²) in [4.78, 5) is 6.68. The topological polar surface area (TPSA) is 62.4 Å². The van der Waals surface area contributed by atoms with E-state index in [4.69, 9.17) is 10.8 Å². The molecule has 2 rings (SSSR count). The van der Waals surface area contributed by atoms with Crippen molar-refractivity contribution in [2.75, 3.05) is 30.3 Å². The number of nitrogen functional groups attached to an aromatic ring is 1. The van der Waals surface area contributed by atoms with Gasteiger partial charge in [-0.3, -0.25) is 0 Å². The third kappa shape index (κ3) is 2.68. The van der Waals surface area contributed by atoms with Crippen molar-refractivity contribution in [1.29, 1.82) is 0 Å². The lowest BCUT2D eigenvalue weighted by Gasteiger charge is -2.19. The molecule has 0 saturated carbocycles. The zero-order chi connectivity index (χ0) is 12.3. The molecule has 92 valence electrons. The fraction of sp³-hybridized carbons (Fsp3) is 0.417. The molecule has 1 aromatic heterocycles. The van der Waals surface area contributed by atoms with Gasteiger partial charge in [-0.05, 0) is 24.6 Å². The molecule has 1 heterocycles. The largest absolute Gasteiger partial charge is 0.399 e. The Labute approximate surface area is 105 Å². The highest BCUT2D eigenvalue weighted by atomic mass is 32.1. The molecule has 0 spiro atoms. The molecule has 0 unspecified atom stereocenters. The van der Waals surface area contributed by atoms with Gasteiger partial charge in [-0.25, -0.2) is 4.98 Å². The number of nitrogens with zero attached hydrogens (tertiary/aromatic N) is 2. The van der Waals surface area contributed by atoms with Crippen LogP contribution in [-0.4, -0.2) is 29.8 Å². The van der Waals surface area contributed by atoms with Gasteiger partial charge in [0.15, 0.2) is 5.13 Å². The van der Waals surface area contributed by atoms with Crippen LogP contribution >= 0.6 is 11.3 Å². The zero-order valence-electron chi connectivity index (χ0n) is 9.89. The summed E-state index contributed by atoms with van der Waals surface area (Å²) in [5.41, 5.74) is 7.48. The standard InChI is InChI=1S/C12H17N3OS/c1-2-5-15(6-7-16)12-14-10-4-3-9(13)8-11(10)17-12/h3-4,8,16H,2,5-7,13H2,1H3. The second-order valence-electron chi connectivity index (χ2n) is 3.93. The zero-order valence-corrected chi connectivity index (χ0v) is 10.7. The summed E-state index contributed by atoms with van der Waals surface area (Å²) in [7, 11) is 0. The van der Waals surface area contributed by atoms with Crippen LogP contribution in [0.4, 0.5) is 10.8 Å². The predicted molar refractivity (Wildman–Crippen MR) is 73.6 cm³/mol. The Morgan fingerprint density at radius 1 is 1.41 bits per heavy atom. The molecular weight excluding hydrogens is 234 g/mol. The molecule has 17 heavy (non-hydrogen) atoms. The van der Waals surface area contributed by atoms with Crippen molar-refractivity contribution in [1.82, 2.24) is 4.98 Å². The number of thiazole rings is 1. The van der Waals surface area contributed by atoms with E-state index in [-0.39, 0.29) is 6.61 Å². The number of hydrogen-bond donors (Lipinski definition) is 2.